The van der Waals surface area contributed by atoms with Gasteiger partial charge >= 0.3 is 6.18 Å². The molecule has 3 rings (SSSR count). The third kappa shape index (κ3) is 4.01. The first-order valence-corrected chi connectivity index (χ1v) is 8.36. The molecule has 11 heteroatoms. The fraction of sp³-hybridized carbons (Fsp3) is 0.400. The molecule has 140 valence electrons. The molecule has 1 amide bonds. The lowest BCUT2D eigenvalue weighted by Gasteiger charge is -2.09. The standard InChI is InChI=1S/C15H14F3N3O4S/c16-15(17,18)8-3-1-2-7(4-8)12(24)19-14-21-20-13(26-14)10-5-9(23)11(6-22)25-10/h1-4,9-11,22-23H,5-6H2,(H,19,21,24)/t9-,10-,11+/m0/s1. The first kappa shape index (κ1) is 18.7. The van der Waals surface area contributed by atoms with Crippen LogP contribution < -0.4 is 5.32 Å². The lowest BCUT2D eigenvalue weighted by molar-refractivity contribution is -0.137. The van der Waals surface area contributed by atoms with E-state index in [1.165, 1.54) is 6.07 Å². The number of hydrogen-bond acceptors (Lipinski definition) is 7. The number of carbonyl (C=O) groups excluding carboxylic acids is 1. The number of carbonyl (C=O) groups is 1. The molecule has 0 radical (unpaired) electrons. The van der Waals surface area contributed by atoms with Crippen LogP contribution in [0.15, 0.2) is 24.3 Å². The summed E-state index contributed by atoms with van der Waals surface area (Å²) in [4.78, 5) is 12.1. The predicted octanol–water partition coefficient (Wildman–Crippen LogP) is 1.99. The van der Waals surface area contributed by atoms with Crippen LogP contribution in [0.5, 0.6) is 0 Å². The van der Waals surface area contributed by atoms with Gasteiger partial charge in [-0.2, -0.15) is 13.2 Å². The summed E-state index contributed by atoms with van der Waals surface area (Å²) in [5.74, 6) is -0.751. The Morgan fingerprint density at radius 3 is 2.81 bits per heavy atom. The van der Waals surface area contributed by atoms with E-state index in [0.717, 1.165) is 29.5 Å². The fourth-order valence-electron chi connectivity index (χ4n) is 2.47. The molecule has 0 spiro atoms. The van der Waals surface area contributed by atoms with Crippen molar-refractivity contribution >= 4 is 22.4 Å². The van der Waals surface area contributed by atoms with Crippen molar-refractivity contribution in [2.24, 2.45) is 0 Å². The van der Waals surface area contributed by atoms with Crippen LogP contribution in [0.2, 0.25) is 0 Å². The number of rotatable bonds is 4. The van der Waals surface area contributed by atoms with Crippen LogP contribution in [0.3, 0.4) is 0 Å². The number of aromatic nitrogens is 2. The molecule has 1 aliphatic heterocycles. The van der Waals surface area contributed by atoms with Gasteiger partial charge in [-0.05, 0) is 18.2 Å². The predicted molar refractivity (Wildman–Crippen MR) is 84.6 cm³/mol. The number of nitrogens with one attached hydrogen (secondary N) is 1. The maximum atomic E-state index is 12.7. The summed E-state index contributed by atoms with van der Waals surface area (Å²) in [5.41, 5.74) is -1.09. The molecule has 0 unspecified atom stereocenters. The number of benzene rings is 1. The summed E-state index contributed by atoms with van der Waals surface area (Å²) in [6.07, 6.45) is -6.44. The van der Waals surface area contributed by atoms with Gasteiger partial charge in [0.2, 0.25) is 5.13 Å². The molecule has 2 heterocycles. The van der Waals surface area contributed by atoms with Gasteiger partial charge in [0.15, 0.2) is 0 Å². The summed E-state index contributed by atoms with van der Waals surface area (Å²) in [7, 11) is 0. The quantitative estimate of drug-likeness (QED) is 0.739. The molecule has 2 aromatic rings. The van der Waals surface area contributed by atoms with E-state index < -0.39 is 36.0 Å². The number of ether oxygens (including phenoxy) is 1. The van der Waals surface area contributed by atoms with Crippen molar-refractivity contribution in [3.63, 3.8) is 0 Å². The van der Waals surface area contributed by atoms with Crippen molar-refractivity contribution in [3.05, 3.63) is 40.4 Å². The highest BCUT2D eigenvalue weighted by Crippen LogP contribution is 2.35. The molecule has 7 nitrogen and oxygen atoms in total. The largest absolute Gasteiger partial charge is 0.416 e. The minimum atomic E-state index is -4.55. The summed E-state index contributed by atoms with van der Waals surface area (Å²) in [5, 5.41) is 29.3. The lowest BCUT2D eigenvalue weighted by atomic mass is 10.1. The SMILES string of the molecule is O=C(Nc1nnc([C@@H]2C[C@H](O)[C@@H](CO)O2)s1)c1cccc(C(F)(F)F)c1. The Morgan fingerprint density at radius 2 is 2.15 bits per heavy atom. The van der Waals surface area contributed by atoms with Crippen LogP contribution in [-0.2, 0) is 10.9 Å². The average molecular weight is 389 g/mol. The van der Waals surface area contributed by atoms with Gasteiger partial charge in [0.05, 0.1) is 18.3 Å². The second-order valence-electron chi connectivity index (χ2n) is 5.63. The number of aliphatic hydroxyl groups excluding tert-OH is 2. The van der Waals surface area contributed by atoms with Gasteiger partial charge in [-0.1, -0.05) is 17.4 Å². The van der Waals surface area contributed by atoms with Crippen LogP contribution in [-0.4, -0.2) is 45.1 Å². The molecule has 0 saturated carbocycles. The third-order valence-corrected chi connectivity index (χ3v) is 4.72. The molecule has 0 aliphatic carbocycles. The number of nitrogens with zero attached hydrogens (tertiary/aromatic N) is 2. The zero-order chi connectivity index (χ0) is 18.9. The molecular formula is C15H14F3N3O4S. The van der Waals surface area contributed by atoms with Crippen LogP contribution in [0.4, 0.5) is 18.3 Å². The highest BCUT2D eigenvalue weighted by atomic mass is 32.1. The lowest BCUT2D eigenvalue weighted by Crippen LogP contribution is -2.24. The zero-order valence-corrected chi connectivity index (χ0v) is 13.9. The van der Waals surface area contributed by atoms with Crippen molar-refractivity contribution in [1.29, 1.82) is 0 Å². The highest BCUT2D eigenvalue weighted by Gasteiger charge is 2.36. The average Bonchev–Trinajstić information content (AvgIpc) is 3.20. The maximum Gasteiger partial charge on any atom is 0.416 e. The number of hydrogen-bond donors (Lipinski definition) is 3. The van der Waals surface area contributed by atoms with E-state index in [4.69, 9.17) is 9.84 Å². The summed E-state index contributed by atoms with van der Waals surface area (Å²) >= 11 is 0.983. The molecule has 1 aromatic carbocycles. The molecule has 0 bridgehead atoms. The first-order valence-electron chi connectivity index (χ1n) is 7.54. The Bertz CT molecular complexity index is 798. The topological polar surface area (TPSA) is 105 Å². The van der Waals surface area contributed by atoms with E-state index >= 15 is 0 Å². The van der Waals surface area contributed by atoms with E-state index in [9.17, 15) is 23.1 Å². The van der Waals surface area contributed by atoms with Crippen molar-refractivity contribution in [3.8, 4) is 0 Å². The second kappa shape index (κ2) is 7.27. The Kier molecular flexibility index (Phi) is 5.23. The van der Waals surface area contributed by atoms with E-state index in [2.05, 4.69) is 15.5 Å². The highest BCUT2D eigenvalue weighted by molar-refractivity contribution is 7.15. The van der Waals surface area contributed by atoms with Crippen molar-refractivity contribution in [1.82, 2.24) is 10.2 Å². The van der Waals surface area contributed by atoms with Gasteiger partial charge < -0.3 is 14.9 Å². The number of anilines is 1. The normalized spacial score (nSPS) is 23.2. The van der Waals surface area contributed by atoms with Gasteiger partial charge in [-0.3, -0.25) is 10.1 Å². The minimum Gasteiger partial charge on any atom is -0.394 e. The van der Waals surface area contributed by atoms with E-state index in [-0.39, 0.29) is 23.7 Å². The van der Waals surface area contributed by atoms with Gasteiger partial charge in [0.25, 0.3) is 5.91 Å². The van der Waals surface area contributed by atoms with Crippen LogP contribution in [0.25, 0.3) is 0 Å². The fourth-order valence-corrected chi connectivity index (χ4v) is 3.26. The Morgan fingerprint density at radius 1 is 1.38 bits per heavy atom. The summed E-state index contributed by atoms with van der Waals surface area (Å²) in [6, 6.07) is 4.03. The Hall–Kier alpha value is -2.08. The maximum absolute atomic E-state index is 12.7. The number of alkyl halides is 3. The van der Waals surface area contributed by atoms with Crippen molar-refractivity contribution < 1.29 is 32.9 Å². The second-order valence-corrected chi connectivity index (χ2v) is 6.64. The molecule has 3 atom stereocenters. The first-order chi connectivity index (χ1) is 12.3. The van der Waals surface area contributed by atoms with Gasteiger partial charge in [0.1, 0.15) is 17.2 Å². The number of amides is 1. The van der Waals surface area contributed by atoms with Gasteiger partial charge in [-0.25, -0.2) is 0 Å². The summed E-state index contributed by atoms with van der Waals surface area (Å²) < 4.78 is 43.6. The van der Waals surface area contributed by atoms with E-state index in [1.54, 1.807) is 0 Å². The minimum absolute atomic E-state index is 0.0907. The van der Waals surface area contributed by atoms with Crippen LogP contribution in [0, 0.1) is 0 Å². The van der Waals surface area contributed by atoms with Crippen molar-refractivity contribution in [2.45, 2.75) is 30.9 Å². The molecule has 3 N–H and O–H groups in total. The number of halogens is 3. The molecule has 1 fully saturated rings. The monoisotopic (exact) mass is 389 g/mol. The van der Waals surface area contributed by atoms with E-state index in [0.29, 0.717) is 5.01 Å². The summed E-state index contributed by atoms with van der Waals surface area (Å²) in [6.45, 7) is -0.338. The van der Waals surface area contributed by atoms with Gasteiger partial charge in [-0.15, -0.1) is 10.2 Å². The van der Waals surface area contributed by atoms with Gasteiger partial charge in [0, 0.05) is 12.0 Å². The zero-order valence-electron chi connectivity index (χ0n) is 13.1. The van der Waals surface area contributed by atoms with Crippen LogP contribution in [0.1, 0.15) is 33.5 Å². The molecule has 1 aromatic heterocycles. The van der Waals surface area contributed by atoms with Crippen molar-refractivity contribution in [2.75, 3.05) is 11.9 Å². The number of aliphatic hydroxyl groups is 2. The Balaban J connectivity index is 1.69. The molecule has 26 heavy (non-hydrogen) atoms. The molecule has 1 saturated heterocycles. The molecule has 1 aliphatic rings. The van der Waals surface area contributed by atoms with E-state index in [1.807, 2.05) is 0 Å². The van der Waals surface area contributed by atoms with Crippen LogP contribution >= 0.6 is 11.3 Å². The third-order valence-electron chi connectivity index (χ3n) is 3.79. The smallest absolute Gasteiger partial charge is 0.394 e. The molecular weight excluding hydrogens is 375 g/mol. The Labute approximate surface area is 149 Å².